The van der Waals surface area contributed by atoms with Crippen molar-refractivity contribution in [2.45, 2.75) is 45.3 Å². The van der Waals surface area contributed by atoms with Crippen molar-refractivity contribution in [3.05, 3.63) is 98.0 Å². The van der Waals surface area contributed by atoms with Gasteiger partial charge in [0.05, 0.1) is 0 Å². The van der Waals surface area contributed by atoms with E-state index < -0.39 is 11.6 Å². The third-order valence-electron chi connectivity index (χ3n) is 5.21. The molecule has 3 aromatic rings. The molecule has 0 aliphatic heterocycles. The van der Waals surface area contributed by atoms with Gasteiger partial charge in [0.1, 0.15) is 11.8 Å². The van der Waals surface area contributed by atoms with Crippen LogP contribution in [0.5, 0.6) is 5.75 Å². The SMILES string of the molecule is CC(C)(C)NC(=O)[C@@H](Cc1ccccc1)N(Cc1ccc(Br)cc1)C(=O)COc1ccc(I)cc1. The Balaban J connectivity index is 1.91. The number of amides is 2. The minimum absolute atomic E-state index is 0.162. The Kier molecular flexibility index (Phi) is 9.74. The van der Waals surface area contributed by atoms with E-state index in [-0.39, 0.29) is 25.0 Å². The number of carbonyl (C=O) groups is 2. The molecule has 0 unspecified atom stereocenters. The van der Waals surface area contributed by atoms with Gasteiger partial charge >= 0.3 is 0 Å². The fraction of sp³-hybridized carbons (Fsp3) is 0.286. The van der Waals surface area contributed by atoms with Gasteiger partial charge in [-0.15, -0.1) is 0 Å². The Morgan fingerprint density at radius 3 is 2.17 bits per heavy atom. The van der Waals surface area contributed by atoms with Crippen molar-refractivity contribution >= 4 is 50.3 Å². The average molecular weight is 649 g/mol. The van der Waals surface area contributed by atoms with Crippen LogP contribution in [0.15, 0.2) is 83.3 Å². The van der Waals surface area contributed by atoms with Crippen LogP contribution in [0, 0.1) is 3.57 Å². The van der Waals surface area contributed by atoms with E-state index in [2.05, 4.69) is 43.8 Å². The first-order valence-electron chi connectivity index (χ1n) is 11.4. The Morgan fingerprint density at radius 2 is 1.57 bits per heavy atom. The molecule has 0 fully saturated rings. The van der Waals surface area contributed by atoms with E-state index in [0.717, 1.165) is 19.2 Å². The van der Waals surface area contributed by atoms with Gasteiger partial charge < -0.3 is 15.0 Å². The first kappa shape index (κ1) is 27.2. The molecule has 0 aliphatic carbocycles. The zero-order valence-corrected chi connectivity index (χ0v) is 23.9. The molecule has 0 saturated carbocycles. The Bertz CT molecular complexity index is 1110. The molecule has 3 aromatic carbocycles. The zero-order valence-electron chi connectivity index (χ0n) is 20.1. The van der Waals surface area contributed by atoms with Crippen molar-refractivity contribution in [3.8, 4) is 5.75 Å². The number of ether oxygens (including phenoxy) is 1. The van der Waals surface area contributed by atoms with Crippen LogP contribution in [-0.4, -0.2) is 34.9 Å². The van der Waals surface area contributed by atoms with Gasteiger partial charge in [-0.3, -0.25) is 9.59 Å². The van der Waals surface area contributed by atoms with Crippen LogP contribution in [0.2, 0.25) is 0 Å². The predicted molar refractivity (Wildman–Crippen MR) is 151 cm³/mol. The van der Waals surface area contributed by atoms with E-state index in [1.54, 1.807) is 4.90 Å². The second kappa shape index (κ2) is 12.5. The summed E-state index contributed by atoms with van der Waals surface area (Å²) in [7, 11) is 0. The van der Waals surface area contributed by atoms with E-state index >= 15 is 0 Å². The fourth-order valence-corrected chi connectivity index (χ4v) is 4.18. The number of hydrogen-bond donors (Lipinski definition) is 1. The lowest BCUT2D eigenvalue weighted by Gasteiger charge is -2.33. The summed E-state index contributed by atoms with van der Waals surface area (Å²) in [5, 5.41) is 3.07. The summed E-state index contributed by atoms with van der Waals surface area (Å²) in [4.78, 5) is 28.7. The van der Waals surface area contributed by atoms with E-state index in [4.69, 9.17) is 4.74 Å². The quantitative estimate of drug-likeness (QED) is 0.290. The van der Waals surface area contributed by atoms with Crippen molar-refractivity contribution in [3.63, 3.8) is 0 Å². The van der Waals surface area contributed by atoms with E-state index in [9.17, 15) is 9.59 Å². The molecule has 0 aromatic heterocycles. The maximum atomic E-state index is 13.6. The lowest BCUT2D eigenvalue weighted by Crippen LogP contribution is -2.55. The van der Waals surface area contributed by atoms with Crippen LogP contribution in [0.3, 0.4) is 0 Å². The Labute approximate surface area is 229 Å². The van der Waals surface area contributed by atoms with Gasteiger partial charge in [0.2, 0.25) is 5.91 Å². The molecule has 0 bridgehead atoms. The third-order valence-corrected chi connectivity index (χ3v) is 6.46. The minimum atomic E-state index is -0.701. The summed E-state index contributed by atoms with van der Waals surface area (Å²) in [6.07, 6.45) is 0.397. The van der Waals surface area contributed by atoms with Gasteiger partial charge in [-0.1, -0.05) is 58.4 Å². The van der Waals surface area contributed by atoms with Gasteiger partial charge in [-0.2, -0.15) is 0 Å². The van der Waals surface area contributed by atoms with Crippen LogP contribution < -0.4 is 10.1 Å². The number of nitrogens with one attached hydrogen (secondary N) is 1. The Morgan fingerprint density at radius 1 is 0.943 bits per heavy atom. The Hall–Kier alpha value is -2.39. The average Bonchev–Trinajstić information content (AvgIpc) is 2.81. The van der Waals surface area contributed by atoms with Crippen molar-refractivity contribution in [2.24, 2.45) is 0 Å². The summed E-state index contributed by atoms with van der Waals surface area (Å²) < 4.78 is 7.84. The first-order valence-corrected chi connectivity index (χ1v) is 13.3. The highest BCUT2D eigenvalue weighted by Gasteiger charge is 2.32. The first-order chi connectivity index (χ1) is 16.6. The van der Waals surface area contributed by atoms with Crippen LogP contribution in [0.25, 0.3) is 0 Å². The molecule has 0 radical (unpaired) electrons. The molecule has 3 rings (SSSR count). The second-order valence-electron chi connectivity index (χ2n) is 9.34. The van der Waals surface area contributed by atoms with Gasteiger partial charge in [0.15, 0.2) is 6.61 Å². The predicted octanol–water partition coefficient (Wildman–Crippen LogP) is 5.99. The molecule has 0 saturated heterocycles. The van der Waals surface area contributed by atoms with Crippen LogP contribution >= 0.6 is 38.5 Å². The maximum absolute atomic E-state index is 13.6. The standard InChI is InChI=1S/C28H30BrIN2O3/c1-28(2,3)31-27(34)25(17-20-7-5-4-6-8-20)32(18-21-9-11-22(29)12-10-21)26(33)19-35-24-15-13-23(30)14-16-24/h4-16,25H,17-19H2,1-3H3,(H,31,34)/t25-/m1/s1. The van der Waals surface area contributed by atoms with Crippen molar-refractivity contribution in [1.29, 1.82) is 0 Å². The molecule has 7 heteroatoms. The number of hydrogen-bond acceptors (Lipinski definition) is 3. The highest BCUT2D eigenvalue weighted by Crippen LogP contribution is 2.19. The molecule has 1 N–H and O–H groups in total. The fourth-order valence-electron chi connectivity index (χ4n) is 3.55. The lowest BCUT2D eigenvalue weighted by molar-refractivity contribution is -0.143. The van der Waals surface area contributed by atoms with Gasteiger partial charge in [0.25, 0.3) is 5.91 Å². The zero-order chi connectivity index (χ0) is 25.4. The van der Waals surface area contributed by atoms with Crippen LogP contribution in [0.4, 0.5) is 0 Å². The molecule has 2 amide bonds. The summed E-state index contributed by atoms with van der Waals surface area (Å²) in [6, 6.07) is 24.3. The maximum Gasteiger partial charge on any atom is 0.261 e. The highest BCUT2D eigenvalue weighted by atomic mass is 127. The normalized spacial score (nSPS) is 12.0. The monoisotopic (exact) mass is 648 g/mol. The molecule has 0 spiro atoms. The number of rotatable bonds is 9. The van der Waals surface area contributed by atoms with Crippen LogP contribution in [0.1, 0.15) is 31.9 Å². The second-order valence-corrected chi connectivity index (χ2v) is 11.5. The van der Waals surface area contributed by atoms with Gasteiger partial charge in [0, 0.05) is 26.5 Å². The van der Waals surface area contributed by atoms with Crippen molar-refractivity contribution in [2.75, 3.05) is 6.61 Å². The number of carbonyl (C=O) groups excluding carboxylic acids is 2. The molecule has 184 valence electrons. The van der Waals surface area contributed by atoms with E-state index in [1.165, 1.54) is 0 Å². The summed E-state index contributed by atoms with van der Waals surface area (Å²) in [6.45, 7) is 5.93. The molecular formula is C28H30BrIN2O3. The van der Waals surface area contributed by atoms with Gasteiger partial charge in [-0.05, 0) is 90.9 Å². The molecule has 5 nitrogen and oxygen atoms in total. The summed E-state index contributed by atoms with van der Waals surface area (Å²) in [5.41, 5.74) is 1.47. The summed E-state index contributed by atoms with van der Waals surface area (Å²) in [5.74, 6) is 0.165. The lowest BCUT2D eigenvalue weighted by atomic mass is 10.0. The molecule has 1 atom stereocenters. The van der Waals surface area contributed by atoms with Gasteiger partial charge in [-0.25, -0.2) is 0 Å². The van der Waals surface area contributed by atoms with Crippen LogP contribution in [-0.2, 0) is 22.6 Å². The summed E-state index contributed by atoms with van der Waals surface area (Å²) >= 11 is 5.68. The smallest absolute Gasteiger partial charge is 0.261 e. The topological polar surface area (TPSA) is 58.6 Å². The number of nitrogens with zero attached hydrogens (tertiary/aromatic N) is 1. The minimum Gasteiger partial charge on any atom is -0.484 e. The molecule has 0 aliphatic rings. The third kappa shape index (κ3) is 8.96. The molecular weight excluding hydrogens is 619 g/mol. The molecule has 0 heterocycles. The van der Waals surface area contributed by atoms with Crippen molar-refractivity contribution < 1.29 is 14.3 Å². The van der Waals surface area contributed by atoms with E-state index in [0.29, 0.717) is 12.2 Å². The van der Waals surface area contributed by atoms with Crippen molar-refractivity contribution in [1.82, 2.24) is 10.2 Å². The number of benzene rings is 3. The highest BCUT2D eigenvalue weighted by molar-refractivity contribution is 14.1. The largest absolute Gasteiger partial charge is 0.484 e. The molecule has 35 heavy (non-hydrogen) atoms. The van der Waals surface area contributed by atoms with E-state index in [1.807, 2.05) is 99.6 Å². The number of halogens is 2.